The van der Waals surface area contributed by atoms with Gasteiger partial charge in [-0.3, -0.25) is 4.79 Å². The molecule has 0 heterocycles. The molecule has 0 saturated heterocycles. The summed E-state index contributed by atoms with van der Waals surface area (Å²) in [5.74, 6) is 1.19. The van der Waals surface area contributed by atoms with Gasteiger partial charge in [0.1, 0.15) is 0 Å². The van der Waals surface area contributed by atoms with Crippen molar-refractivity contribution in [2.75, 3.05) is 31.9 Å². The number of thioether (sulfide) groups is 1. The van der Waals surface area contributed by atoms with Gasteiger partial charge in [0, 0.05) is 19.2 Å². The third-order valence-electron chi connectivity index (χ3n) is 4.50. The molecule has 4 N–H and O–H groups in total. The SMILES string of the molecule is CCCCCCCCCCCCS/C=C/C(=O)N(CCCN)CCCN. The monoisotopic (exact) mass is 385 g/mol. The lowest BCUT2D eigenvalue weighted by Gasteiger charge is -2.20. The fourth-order valence-electron chi connectivity index (χ4n) is 2.85. The molecule has 0 aromatic carbocycles. The molecule has 0 aromatic heterocycles. The van der Waals surface area contributed by atoms with E-state index in [2.05, 4.69) is 6.92 Å². The summed E-state index contributed by atoms with van der Waals surface area (Å²) in [5.41, 5.74) is 11.1. The van der Waals surface area contributed by atoms with Gasteiger partial charge >= 0.3 is 0 Å². The van der Waals surface area contributed by atoms with Gasteiger partial charge in [0.15, 0.2) is 0 Å². The predicted molar refractivity (Wildman–Crippen MR) is 117 cm³/mol. The van der Waals surface area contributed by atoms with E-state index in [1.165, 1.54) is 64.2 Å². The molecule has 1 amide bonds. The third-order valence-corrected chi connectivity index (χ3v) is 5.35. The molecule has 0 radical (unpaired) electrons. The van der Waals surface area contributed by atoms with E-state index in [1.54, 1.807) is 17.8 Å². The molecule has 154 valence electrons. The van der Waals surface area contributed by atoms with Crippen LogP contribution in [0.1, 0.15) is 84.0 Å². The fraction of sp³-hybridized carbons (Fsp3) is 0.857. The second-order valence-corrected chi connectivity index (χ2v) is 7.98. The molecule has 26 heavy (non-hydrogen) atoms. The molecule has 5 heteroatoms. The van der Waals surface area contributed by atoms with E-state index in [0.29, 0.717) is 13.1 Å². The average molecular weight is 386 g/mol. The summed E-state index contributed by atoms with van der Waals surface area (Å²) in [6.07, 6.45) is 17.0. The minimum Gasteiger partial charge on any atom is -0.339 e. The first-order valence-electron chi connectivity index (χ1n) is 10.7. The number of hydrogen-bond donors (Lipinski definition) is 2. The normalized spacial score (nSPS) is 11.3. The van der Waals surface area contributed by atoms with Crippen LogP contribution in [0, 0.1) is 0 Å². The van der Waals surface area contributed by atoms with Crippen LogP contribution in [0.15, 0.2) is 11.5 Å². The molecule has 0 aromatic rings. The van der Waals surface area contributed by atoms with E-state index in [1.807, 2.05) is 10.3 Å². The van der Waals surface area contributed by atoms with Crippen LogP contribution in [0.5, 0.6) is 0 Å². The van der Waals surface area contributed by atoms with Crippen molar-refractivity contribution in [2.45, 2.75) is 84.0 Å². The van der Waals surface area contributed by atoms with E-state index in [9.17, 15) is 4.79 Å². The summed E-state index contributed by atoms with van der Waals surface area (Å²) in [6.45, 7) is 4.95. The first-order valence-corrected chi connectivity index (χ1v) is 11.8. The Kier molecular flexibility index (Phi) is 20.4. The van der Waals surface area contributed by atoms with Gasteiger partial charge in [-0.25, -0.2) is 0 Å². The summed E-state index contributed by atoms with van der Waals surface area (Å²) in [4.78, 5) is 14.1. The molecule has 0 aliphatic heterocycles. The van der Waals surface area contributed by atoms with Gasteiger partial charge in [0.2, 0.25) is 5.91 Å². The molecule has 0 aliphatic rings. The van der Waals surface area contributed by atoms with Crippen LogP contribution in [0.3, 0.4) is 0 Å². The number of unbranched alkanes of at least 4 members (excludes halogenated alkanes) is 9. The Balaban J connectivity index is 3.60. The fourth-order valence-corrected chi connectivity index (χ4v) is 3.57. The van der Waals surface area contributed by atoms with Crippen molar-refractivity contribution in [1.82, 2.24) is 4.90 Å². The van der Waals surface area contributed by atoms with Gasteiger partial charge in [0.25, 0.3) is 0 Å². The molecule has 0 spiro atoms. The highest BCUT2D eigenvalue weighted by Gasteiger charge is 2.08. The topological polar surface area (TPSA) is 72.3 Å². The molecular weight excluding hydrogens is 342 g/mol. The Morgan fingerprint density at radius 3 is 1.81 bits per heavy atom. The molecule has 0 fully saturated rings. The highest BCUT2D eigenvalue weighted by atomic mass is 32.2. The van der Waals surface area contributed by atoms with Crippen molar-refractivity contribution >= 4 is 17.7 Å². The van der Waals surface area contributed by atoms with Gasteiger partial charge < -0.3 is 16.4 Å². The van der Waals surface area contributed by atoms with Gasteiger partial charge in [0.05, 0.1) is 0 Å². The van der Waals surface area contributed by atoms with Crippen LogP contribution < -0.4 is 11.5 Å². The number of nitrogens with two attached hydrogens (primary N) is 2. The van der Waals surface area contributed by atoms with Crippen LogP contribution in [0.4, 0.5) is 0 Å². The van der Waals surface area contributed by atoms with E-state index < -0.39 is 0 Å². The predicted octanol–water partition coefficient (Wildman–Crippen LogP) is 4.68. The largest absolute Gasteiger partial charge is 0.339 e. The first kappa shape index (κ1) is 25.5. The van der Waals surface area contributed by atoms with Gasteiger partial charge in [-0.2, -0.15) is 0 Å². The number of rotatable bonds is 19. The molecule has 0 unspecified atom stereocenters. The molecule has 0 aliphatic carbocycles. The summed E-state index contributed by atoms with van der Waals surface area (Å²) in [7, 11) is 0. The minimum atomic E-state index is 0.0856. The zero-order valence-electron chi connectivity index (χ0n) is 17.1. The van der Waals surface area contributed by atoms with Crippen LogP contribution in [0.25, 0.3) is 0 Å². The molecule has 0 saturated carbocycles. The maximum absolute atomic E-state index is 12.2. The standard InChI is InChI=1S/C21H43N3OS/c1-2-3-4-5-6-7-8-9-10-11-19-26-20-14-21(25)24(17-12-15-22)18-13-16-23/h14,20H,2-13,15-19,22-23H2,1H3/b20-14+. The number of amides is 1. The lowest BCUT2D eigenvalue weighted by atomic mass is 10.1. The summed E-state index contributed by atoms with van der Waals surface area (Å²) >= 11 is 1.75. The molecule has 0 bridgehead atoms. The minimum absolute atomic E-state index is 0.0856. The van der Waals surface area contributed by atoms with Crippen molar-refractivity contribution in [3.63, 3.8) is 0 Å². The summed E-state index contributed by atoms with van der Waals surface area (Å²) < 4.78 is 0. The van der Waals surface area contributed by atoms with E-state index in [-0.39, 0.29) is 5.91 Å². The van der Waals surface area contributed by atoms with E-state index >= 15 is 0 Å². The van der Waals surface area contributed by atoms with E-state index in [4.69, 9.17) is 11.5 Å². The highest BCUT2D eigenvalue weighted by molar-refractivity contribution is 8.02. The van der Waals surface area contributed by atoms with Crippen LogP contribution in [0.2, 0.25) is 0 Å². The number of nitrogens with zero attached hydrogens (tertiary/aromatic N) is 1. The highest BCUT2D eigenvalue weighted by Crippen LogP contribution is 2.13. The number of carbonyl (C=O) groups excluding carboxylic acids is 1. The molecule has 0 atom stereocenters. The maximum Gasteiger partial charge on any atom is 0.247 e. The smallest absolute Gasteiger partial charge is 0.247 e. The zero-order chi connectivity index (χ0) is 19.3. The average Bonchev–Trinajstić information content (AvgIpc) is 2.65. The van der Waals surface area contributed by atoms with Crippen molar-refractivity contribution < 1.29 is 4.79 Å². The van der Waals surface area contributed by atoms with Crippen molar-refractivity contribution in [3.05, 3.63) is 11.5 Å². The number of hydrogen-bond acceptors (Lipinski definition) is 4. The summed E-state index contributed by atoms with van der Waals surface area (Å²) in [6, 6.07) is 0. The first-order chi connectivity index (χ1) is 12.8. The third kappa shape index (κ3) is 16.9. The van der Waals surface area contributed by atoms with Crippen molar-refractivity contribution in [3.8, 4) is 0 Å². The van der Waals surface area contributed by atoms with Crippen LogP contribution in [-0.4, -0.2) is 42.7 Å². The van der Waals surface area contributed by atoms with Gasteiger partial charge in [-0.1, -0.05) is 64.7 Å². The second kappa shape index (κ2) is 20.8. The lowest BCUT2D eigenvalue weighted by Crippen LogP contribution is -2.33. The Hall–Kier alpha value is -0.520. The molecule has 4 nitrogen and oxygen atoms in total. The molecule has 0 rings (SSSR count). The van der Waals surface area contributed by atoms with Crippen LogP contribution >= 0.6 is 11.8 Å². The Labute approximate surface area is 166 Å². The van der Waals surface area contributed by atoms with Crippen molar-refractivity contribution in [2.24, 2.45) is 11.5 Å². The molecular formula is C21H43N3OS. The van der Waals surface area contributed by atoms with Crippen LogP contribution in [-0.2, 0) is 4.79 Å². The van der Waals surface area contributed by atoms with Crippen molar-refractivity contribution in [1.29, 1.82) is 0 Å². The Morgan fingerprint density at radius 1 is 0.808 bits per heavy atom. The Bertz CT molecular complexity index is 329. The van der Waals surface area contributed by atoms with Gasteiger partial charge in [-0.05, 0) is 43.5 Å². The summed E-state index contributed by atoms with van der Waals surface area (Å²) in [5, 5.41) is 1.95. The van der Waals surface area contributed by atoms with E-state index in [0.717, 1.165) is 31.7 Å². The quantitative estimate of drug-likeness (QED) is 0.250. The van der Waals surface area contributed by atoms with Gasteiger partial charge in [-0.15, -0.1) is 11.8 Å². The number of carbonyl (C=O) groups is 1. The Morgan fingerprint density at radius 2 is 1.31 bits per heavy atom. The second-order valence-electron chi connectivity index (χ2n) is 6.97. The zero-order valence-corrected chi connectivity index (χ0v) is 17.9. The maximum atomic E-state index is 12.2. The lowest BCUT2D eigenvalue weighted by molar-refractivity contribution is -0.126.